The molecule has 1 heterocycles. The first-order valence-electron chi connectivity index (χ1n) is 6.65. The number of benzene rings is 1. The van der Waals surface area contributed by atoms with Crippen molar-refractivity contribution in [3.05, 3.63) is 36.0 Å². The number of carbonyl (C=O) groups is 2. The van der Waals surface area contributed by atoms with Crippen molar-refractivity contribution in [1.29, 1.82) is 0 Å². The van der Waals surface area contributed by atoms with Gasteiger partial charge in [0.15, 0.2) is 0 Å². The van der Waals surface area contributed by atoms with E-state index in [0.717, 1.165) is 16.6 Å². The summed E-state index contributed by atoms with van der Waals surface area (Å²) in [6.07, 6.45) is 4.49. The maximum atomic E-state index is 12.0. The molecule has 0 N–H and O–H groups in total. The first-order chi connectivity index (χ1) is 10.5. The molecule has 6 heteroatoms. The molecule has 0 saturated heterocycles. The van der Waals surface area contributed by atoms with Gasteiger partial charge in [-0.3, -0.25) is 0 Å². The standard InChI is InChI=1S/C16H18N2O4/c1-17(2)12-6-5-7-13-15(12)11(16(20)22-4)10-18(13)9-8-14(19)21-3/h5-10H,1-4H3/b9-8-. The highest BCUT2D eigenvalue weighted by molar-refractivity contribution is 6.10. The van der Waals surface area contributed by atoms with Gasteiger partial charge in [0.25, 0.3) is 0 Å². The van der Waals surface area contributed by atoms with Gasteiger partial charge in [-0.15, -0.1) is 0 Å². The van der Waals surface area contributed by atoms with Crippen LogP contribution in [0.15, 0.2) is 30.5 Å². The Morgan fingerprint density at radius 3 is 2.50 bits per heavy atom. The molecule has 0 fully saturated rings. The van der Waals surface area contributed by atoms with E-state index in [9.17, 15) is 9.59 Å². The van der Waals surface area contributed by atoms with Crippen molar-refractivity contribution >= 4 is 34.7 Å². The Labute approximate surface area is 128 Å². The molecule has 0 aliphatic rings. The molecule has 0 spiro atoms. The highest BCUT2D eigenvalue weighted by Crippen LogP contribution is 2.31. The molecule has 1 aromatic heterocycles. The van der Waals surface area contributed by atoms with Crippen LogP contribution in [-0.2, 0) is 14.3 Å². The number of hydrogen-bond donors (Lipinski definition) is 0. The molecule has 116 valence electrons. The third kappa shape index (κ3) is 2.81. The van der Waals surface area contributed by atoms with Crippen LogP contribution in [0.1, 0.15) is 10.4 Å². The summed E-state index contributed by atoms with van der Waals surface area (Å²) in [7, 11) is 6.45. The second kappa shape index (κ2) is 6.34. The van der Waals surface area contributed by atoms with Crippen molar-refractivity contribution in [2.75, 3.05) is 33.2 Å². The maximum Gasteiger partial charge on any atom is 0.340 e. The van der Waals surface area contributed by atoms with Crippen molar-refractivity contribution in [2.45, 2.75) is 0 Å². The molecule has 22 heavy (non-hydrogen) atoms. The monoisotopic (exact) mass is 302 g/mol. The minimum absolute atomic E-state index is 0.426. The Hall–Kier alpha value is -2.76. The highest BCUT2D eigenvalue weighted by Gasteiger charge is 2.18. The van der Waals surface area contributed by atoms with Gasteiger partial charge in [0.1, 0.15) is 0 Å². The van der Waals surface area contributed by atoms with Gasteiger partial charge in [-0.25, -0.2) is 9.59 Å². The molecule has 0 radical (unpaired) electrons. The summed E-state index contributed by atoms with van der Waals surface area (Å²) in [6.45, 7) is 0. The van der Waals surface area contributed by atoms with Crippen molar-refractivity contribution in [3.8, 4) is 0 Å². The molecule has 2 aromatic rings. The maximum absolute atomic E-state index is 12.0. The Bertz CT molecular complexity index is 744. The number of esters is 2. The molecule has 0 unspecified atom stereocenters. The van der Waals surface area contributed by atoms with Crippen LogP contribution in [-0.4, -0.2) is 44.8 Å². The highest BCUT2D eigenvalue weighted by atomic mass is 16.5. The van der Waals surface area contributed by atoms with Gasteiger partial charge in [-0.1, -0.05) is 6.07 Å². The first kappa shape index (κ1) is 15.6. The number of aromatic nitrogens is 1. The average Bonchev–Trinajstić information content (AvgIpc) is 2.90. The van der Waals surface area contributed by atoms with Crippen LogP contribution in [0.4, 0.5) is 5.69 Å². The SMILES string of the molecule is COC(=O)/C=C\n1cc(C(=O)OC)c2c(N(C)C)cccc21. The molecule has 0 saturated carbocycles. The molecular formula is C16H18N2O4. The van der Waals surface area contributed by atoms with Crippen LogP contribution < -0.4 is 4.90 Å². The summed E-state index contributed by atoms with van der Waals surface area (Å²) in [5, 5.41) is 0.772. The molecule has 0 bridgehead atoms. The number of nitrogens with zero attached hydrogens (tertiary/aromatic N) is 2. The predicted molar refractivity (Wildman–Crippen MR) is 85.0 cm³/mol. The molecule has 0 aliphatic carbocycles. The average molecular weight is 302 g/mol. The summed E-state index contributed by atoms with van der Waals surface area (Å²) < 4.78 is 11.1. The number of hydrogen-bond acceptors (Lipinski definition) is 5. The fourth-order valence-corrected chi connectivity index (χ4v) is 2.26. The van der Waals surface area contributed by atoms with Crippen LogP contribution in [0.25, 0.3) is 17.1 Å². The van der Waals surface area contributed by atoms with Gasteiger partial charge in [-0.05, 0) is 12.1 Å². The summed E-state index contributed by atoms with van der Waals surface area (Å²) in [4.78, 5) is 25.2. The molecule has 6 nitrogen and oxygen atoms in total. The van der Waals surface area contributed by atoms with E-state index < -0.39 is 11.9 Å². The van der Waals surface area contributed by atoms with Crippen LogP contribution in [0.3, 0.4) is 0 Å². The third-order valence-electron chi connectivity index (χ3n) is 3.30. The second-order valence-corrected chi connectivity index (χ2v) is 4.85. The molecule has 1 aromatic carbocycles. The third-order valence-corrected chi connectivity index (χ3v) is 3.30. The summed E-state index contributed by atoms with van der Waals surface area (Å²) in [6, 6.07) is 5.68. The largest absolute Gasteiger partial charge is 0.466 e. The number of rotatable bonds is 4. The molecule has 0 aliphatic heterocycles. The van der Waals surface area contributed by atoms with E-state index in [1.165, 1.54) is 20.3 Å². The van der Waals surface area contributed by atoms with Crippen molar-refractivity contribution in [2.24, 2.45) is 0 Å². The Morgan fingerprint density at radius 2 is 1.91 bits per heavy atom. The molecule has 0 amide bonds. The van der Waals surface area contributed by atoms with Crippen LogP contribution in [0.5, 0.6) is 0 Å². The molecule has 2 rings (SSSR count). The van der Waals surface area contributed by atoms with Gasteiger partial charge >= 0.3 is 11.9 Å². The Morgan fingerprint density at radius 1 is 1.18 bits per heavy atom. The minimum atomic E-state index is -0.467. The number of carbonyl (C=O) groups excluding carboxylic acids is 2. The topological polar surface area (TPSA) is 60.8 Å². The van der Waals surface area contributed by atoms with E-state index in [1.807, 2.05) is 37.2 Å². The minimum Gasteiger partial charge on any atom is -0.466 e. The fourth-order valence-electron chi connectivity index (χ4n) is 2.26. The lowest BCUT2D eigenvalue weighted by molar-refractivity contribution is -0.134. The van der Waals surface area contributed by atoms with Crippen molar-refractivity contribution in [1.82, 2.24) is 4.57 Å². The second-order valence-electron chi connectivity index (χ2n) is 4.85. The van der Waals surface area contributed by atoms with Crippen molar-refractivity contribution in [3.63, 3.8) is 0 Å². The zero-order valence-electron chi connectivity index (χ0n) is 13.0. The van der Waals surface area contributed by atoms with E-state index in [4.69, 9.17) is 4.74 Å². The van der Waals surface area contributed by atoms with Gasteiger partial charge in [0.05, 0.1) is 25.3 Å². The zero-order chi connectivity index (χ0) is 16.3. The summed E-state index contributed by atoms with van der Waals surface area (Å²) in [5.41, 5.74) is 2.13. The fraction of sp³-hybridized carbons (Fsp3) is 0.250. The lowest BCUT2D eigenvalue weighted by Crippen LogP contribution is -2.10. The summed E-state index contributed by atoms with van der Waals surface area (Å²) >= 11 is 0. The van der Waals surface area contributed by atoms with E-state index in [-0.39, 0.29) is 0 Å². The van der Waals surface area contributed by atoms with E-state index in [1.54, 1.807) is 17.0 Å². The number of methoxy groups -OCH3 is 2. The molecular weight excluding hydrogens is 284 g/mol. The normalized spacial score (nSPS) is 10.9. The van der Waals surface area contributed by atoms with Gasteiger partial charge in [-0.2, -0.15) is 0 Å². The van der Waals surface area contributed by atoms with Crippen LogP contribution in [0, 0.1) is 0 Å². The predicted octanol–water partition coefficient (Wildman–Crippen LogP) is 2.14. The number of ether oxygens (including phenoxy) is 2. The van der Waals surface area contributed by atoms with Crippen LogP contribution in [0.2, 0.25) is 0 Å². The number of anilines is 1. The smallest absolute Gasteiger partial charge is 0.340 e. The van der Waals surface area contributed by atoms with Gasteiger partial charge in [0.2, 0.25) is 0 Å². The van der Waals surface area contributed by atoms with Gasteiger partial charge in [0, 0.05) is 43.6 Å². The van der Waals surface area contributed by atoms with E-state index in [0.29, 0.717) is 5.56 Å². The first-order valence-corrected chi connectivity index (χ1v) is 6.65. The Balaban J connectivity index is 2.69. The van der Waals surface area contributed by atoms with E-state index in [2.05, 4.69) is 4.74 Å². The Kier molecular flexibility index (Phi) is 4.50. The van der Waals surface area contributed by atoms with Crippen molar-refractivity contribution < 1.29 is 19.1 Å². The molecule has 0 atom stereocenters. The van der Waals surface area contributed by atoms with E-state index >= 15 is 0 Å². The lowest BCUT2D eigenvalue weighted by atomic mass is 10.1. The quantitative estimate of drug-likeness (QED) is 0.639. The lowest BCUT2D eigenvalue weighted by Gasteiger charge is -2.14. The zero-order valence-corrected chi connectivity index (χ0v) is 13.0. The number of fused-ring (bicyclic) bond motifs is 1. The van der Waals surface area contributed by atoms with Gasteiger partial charge < -0.3 is 18.9 Å². The van der Waals surface area contributed by atoms with Crippen LogP contribution >= 0.6 is 0 Å². The summed E-state index contributed by atoms with van der Waals surface area (Å²) in [5.74, 6) is -0.894.